The molecule has 0 saturated carbocycles. The first-order valence-electron chi connectivity index (χ1n) is 7.67. The van der Waals surface area contributed by atoms with E-state index in [1.807, 2.05) is 0 Å². The Morgan fingerprint density at radius 3 is 2.92 bits per heavy atom. The summed E-state index contributed by atoms with van der Waals surface area (Å²) in [5.41, 5.74) is 0.910. The molecule has 0 aliphatic heterocycles. The molecule has 136 valence electrons. The van der Waals surface area contributed by atoms with E-state index < -0.39 is 0 Å². The van der Waals surface area contributed by atoms with Gasteiger partial charge in [-0.15, -0.1) is 4.57 Å². The normalized spacial score (nSPS) is 10.9. The van der Waals surface area contributed by atoms with Crippen molar-refractivity contribution in [2.45, 2.75) is 13.5 Å². The van der Waals surface area contributed by atoms with E-state index in [9.17, 15) is 9.59 Å². The Hall–Kier alpha value is -2.84. The van der Waals surface area contributed by atoms with E-state index >= 15 is 0 Å². The number of carbonyl (C=O) groups is 1. The summed E-state index contributed by atoms with van der Waals surface area (Å²) in [5, 5.41) is 3.11. The van der Waals surface area contributed by atoms with Crippen molar-refractivity contribution in [1.82, 2.24) is 9.56 Å². The number of nitrogens with one attached hydrogen (secondary N) is 1. The van der Waals surface area contributed by atoms with Crippen LogP contribution >= 0.6 is 11.6 Å². The standard InChI is InChI=1S/C17H16ClN3O5/c1-10-5-15-19-12(7-17(23)21(15)26-10)8-25-14-6-11(18)3-4-13(14)20-16(22)9-24-2/h3-7H,8-9H2,1-2H3,(H,20,22). The van der Waals surface area contributed by atoms with E-state index in [0.29, 0.717) is 33.6 Å². The zero-order valence-electron chi connectivity index (χ0n) is 14.1. The molecule has 0 saturated heterocycles. The lowest BCUT2D eigenvalue weighted by Crippen LogP contribution is -2.18. The molecule has 3 rings (SSSR count). The van der Waals surface area contributed by atoms with Gasteiger partial charge in [0.15, 0.2) is 5.65 Å². The molecule has 1 aromatic carbocycles. The minimum absolute atomic E-state index is 0.0173. The minimum Gasteiger partial charge on any atom is -0.485 e. The molecule has 8 nitrogen and oxygen atoms in total. The number of nitrogens with zero attached hydrogens (tertiary/aromatic N) is 2. The van der Waals surface area contributed by atoms with Gasteiger partial charge in [0.2, 0.25) is 5.91 Å². The van der Waals surface area contributed by atoms with Crippen LogP contribution in [-0.2, 0) is 16.1 Å². The first-order chi connectivity index (χ1) is 12.5. The van der Waals surface area contributed by atoms with Gasteiger partial charge in [-0.25, -0.2) is 4.98 Å². The number of hydrogen-bond acceptors (Lipinski definition) is 6. The summed E-state index contributed by atoms with van der Waals surface area (Å²) in [6.07, 6.45) is 0. The highest BCUT2D eigenvalue weighted by molar-refractivity contribution is 6.30. The Kier molecular flexibility index (Phi) is 5.24. The Bertz CT molecular complexity index is 1010. The summed E-state index contributed by atoms with van der Waals surface area (Å²) >= 11 is 6.00. The summed E-state index contributed by atoms with van der Waals surface area (Å²) in [6.45, 7) is 1.66. The van der Waals surface area contributed by atoms with Crippen LogP contribution in [0, 0.1) is 6.92 Å². The summed E-state index contributed by atoms with van der Waals surface area (Å²) < 4.78 is 16.9. The molecular formula is C17H16ClN3O5. The van der Waals surface area contributed by atoms with E-state index in [1.165, 1.54) is 13.2 Å². The lowest BCUT2D eigenvalue weighted by molar-refractivity contribution is -0.119. The molecule has 3 aromatic rings. The third kappa shape index (κ3) is 4.04. The van der Waals surface area contributed by atoms with Crippen molar-refractivity contribution in [3.63, 3.8) is 0 Å². The van der Waals surface area contributed by atoms with Gasteiger partial charge >= 0.3 is 0 Å². The molecule has 0 bridgehead atoms. The van der Waals surface area contributed by atoms with Crippen molar-refractivity contribution in [3.05, 3.63) is 57.2 Å². The summed E-state index contributed by atoms with van der Waals surface area (Å²) in [6, 6.07) is 7.79. The van der Waals surface area contributed by atoms with Gasteiger partial charge in [0, 0.05) is 30.3 Å². The Morgan fingerprint density at radius 1 is 1.35 bits per heavy atom. The largest absolute Gasteiger partial charge is 0.485 e. The number of benzene rings is 1. The van der Waals surface area contributed by atoms with Crippen LogP contribution in [0.4, 0.5) is 5.69 Å². The molecule has 0 spiro atoms. The maximum absolute atomic E-state index is 12.0. The fraction of sp³-hybridized carbons (Fsp3) is 0.235. The van der Waals surface area contributed by atoms with Crippen molar-refractivity contribution in [2.75, 3.05) is 19.0 Å². The first-order valence-corrected chi connectivity index (χ1v) is 8.05. The van der Waals surface area contributed by atoms with Gasteiger partial charge < -0.3 is 19.3 Å². The van der Waals surface area contributed by atoms with E-state index in [4.69, 9.17) is 25.6 Å². The van der Waals surface area contributed by atoms with Crippen molar-refractivity contribution in [1.29, 1.82) is 0 Å². The number of anilines is 1. The van der Waals surface area contributed by atoms with Crippen LogP contribution < -0.4 is 15.6 Å². The van der Waals surface area contributed by atoms with Crippen LogP contribution in [0.3, 0.4) is 0 Å². The van der Waals surface area contributed by atoms with Gasteiger partial charge in [0.1, 0.15) is 24.7 Å². The van der Waals surface area contributed by atoms with Gasteiger partial charge in [-0.2, -0.15) is 0 Å². The number of aryl methyl sites for hydroxylation is 1. The second kappa shape index (κ2) is 7.59. The predicted octanol–water partition coefficient (Wildman–Crippen LogP) is 2.41. The highest BCUT2D eigenvalue weighted by Gasteiger charge is 2.11. The van der Waals surface area contributed by atoms with Gasteiger partial charge in [-0.05, 0) is 19.1 Å². The fourth-order valence-electron chi connectivity index (χ4n) is 2.34. The molecule has 9 heteroatoms. The Morgan fingerprint density at radius 2 is 2.15 bits per heavy atom. The molecule has 0 aliphatic rings. The second-order valence-electron chi connectivity index (χ2n) is 5.49. The average molecular weight is 378 g/mol. The Labute approximate surface area is 153 Å². The van der Waals surface area contributed by atoms with Gasteiger partial charge in [-0.1, -0.05) is 11.6 Å². The number of carbonyl (C=O) groups excluding carboxylic acids is 1. The van der Waals surface area contributed by atoms with Crippen molar-refractivity contribution < 1.29 is 18.8 Å². The van der Waals surface area contributed by atoms with E-state index in [-0.39, 0.29) is 24.7 Å². The lowest BCUT2D eigenvalue weighted by atomic mass is 10.3. The number of rotatable bonds is 6. The average Bonchev–Trinajstić information content (AvgIpc) is 2.96. The molecule has 2 aromatic heterocycles. The maximum Gasteiger partial charge on any atom is 0.287 e. The molecule has 0 atom stereocenters. The van der Waals surface area contributed by atoms with Crippen molar-refractivity contribution in [2.24, 2.45) is 0 Å². The highest BCUT2D eigenvalue weighted by atomic mass is 35.5. The number of halogens is 1. The second-order valence-corrected chi connectivity index (χ2v) is 5.93. The number of ether oxygens (including phenoxy) is 2. The molecule has 26 heavy (non-hydrogen) atoms. The SMILES string of the molecule is COCC(=O)Nc1ccc(Cl)cc1OCc1cc(=O)n2oc(C)cc2n1. The van der Waals surface area contributed by atoms with Crippen LogP contribution in [0.5, 0.6) is 5.75 Å². The zero-order valence-corrected chi connectivity index (χ0v) is 14.9. The fourth-order valence-corrected chi connectivity index (χ4v) is 2.50. The molecule has 1 N–H and O–H groups in total. The predicted molar refractivity (Wildman–Crippen MR) is 94.8 cm³/mol. The molecule has 1 amide bonds. The zero-order chi connectivity index (χ0) is 18.7. The van der Waals surface area contributed by atoms with E-state index in [0.717, 1.165) is 4.57 Å². The Balaban J connectivity index is 1.82. The molecule has 0 radical (unpaired) electrons. The van der Waals surface area contributed by atoms with Gasteiger partial charge in [0.25, 0.3) is 5.56 Å². The summed E-state index contributed by atoms with van der Waals surface area (Å²) in [7, 11) is 1.43. The number of amides is 1. The smallest absolute Gasteiger partial charge is 0.287 e. The third-order valence-electron chi connectivity index (χ3n) is 3.39. The third-order valence-corrected chi connectivity index (χ3v) is 3.63. The van der Waals surface area contributed by atoms with Gasteiger partial charge in [0.05, 0.1) is 11.4 Å². The van der Waals surface area contributed by atoms with Crippen molar-refractivity contribution >= 4 is 28.8 Å². The minimum atomic E-state index is -0.346. The molecule has 0 aliphatic carbocycles. The molecule has 0 unspecified atom stereocenters. The topological polar surface area (TPSA) is 95.1 Å². The summed E-state index contributed by atoms with van der Waals surface area (Å²) in [4.78, 5) is 28.1. The van der Waals surface area contributed by atoms with Crippen LogP contribution in [0.25, 0.3) is 5.65 Å². The van der Waals surface area contributed by atoms with Crippen molar-refractivity contribution in [3.8, 4) is 5.75 Å². The van der Waals surface area contributed by atoms with Crippen LogP contribution in [0.1, 0.15) is 11.5 Å². The number of methoxy groups -OCH3 is 1. The number of fused-ring (bicyclic) bond motifs is 1. The first kappa shape index (κ1) is 18.0. The van der Waals surface area contributed by atoms with E-state index in [2.05, 4.69) is 10.3 Å². The van der Waals surface area contributed by atoms with Crippen LogP contribution in [0.15, 0.2) is 39.6 Å². The maximum atomic E-state index is 12.0. The quantitative estimate of drug-likeness (QED) is 0.708. The van der Waals surface area contributed by atoms with Crippen LogP contribution in [-0.4, -0.2) is 29.2 Å². The molecule has 0 fully saturated rings. The van der Waals surface area contributed by atoms with Gasteiger partial charge in [-0.3, -0.25) is 9.59 Å². The number of aromatic nitrogens is 2. The monoisotopic (exact) mass is 377 g/mol. The molecular weight excluding hydrogens is 362 g/mol. The van der Waals surface area contributed by atoms with Crippen LogP contribution in [0.2, 0.25) is 5.02 Å². The highest BCUT2D eigenvalue weighted by Crippen LogP contribution is 2.28. The molecule has 2 heterocycles. The number of hydrogen-bond donors (Lipinski definition) is 1. The summed E-state index contributed by atoms with van der Waals surface area (Å²) in [5.74, 6) is 0.601. The van der Waals surface area contributed by atoms with E-state index in [1.54, 1.807) is 31.2 Å². The lowest BCUT2D eigenvalue weighted by Gasteiger charge is -2.12.